The molecule has 0 aliphatic carbocycles. The molecule has 0 amide bonds. The number of benzene rings is 3. The maximum absolute atomic E-state index is 15.2. The van der Waals surface area contributed by atoms with Crippen LogP contribution in [0.15, 0.2) is 72.8 Å². The Morgan fingerprint density at radius 3 is 2.54 bits per heavy atom. The highest BCUT2D eigenvalue weighted by molar-refractivity contribution is 5.54. The zero-order valence-corrected chi connectivity index (χ0v) is 23.1. The van der Waals surface area contributed by atoms with Crippen molar-refractivity contribution in [3.05, 3.63) is 101 Å². The Morgan fingerprint density at radius 1 is 1.03 bits per heavy atom. The lowest BCUT2D eigenvalue weighted by Gasteiger charge is -2.35. The average molecular weight is 535 g/mol. The summed E-state index contributed by atoms with van der Waals surface area (Å²) in [5, 5.41) is 11.7. The average Bonchev–Trinajstić information content (AvgIpc) is 2.96. The number of allylic oxidation sites excluding steroid dienone is 1. The Labute approximate surface area is 231 Å². The molecule has 1 aliphatic heterocycles. The molecule has 3 aromatic rings. The summed E-state index contributed by atoms with van der Waals surface area (Å²) >= 11 is 0. The van der Waals surface area contributed by atoms with Crippen molar-refractivity contribution < 1.29 is 28.4 Å². The van der Waals surface area contributed by atoms with Gasteiger partial charge in [-0.1, -0.05) is 68.0 Å². The van der Waals surface area contributed by atoms with Gasteiger partial charge in [-0.25, -0.2) is 4.39 Å². The van der Waals surface area contributed by atoms with Crippen molar-refractivity contribution >= 4 is 6.08 Å². The predicted octanol–water partition coefficient (Wildman–Crippen LogP) is 7.25. The molecule has 39 heavy (non-hydrogen) atoms. The molecule has 1 aliphatic rings. The molecule has 6 heteroatoms. The molecule has 2 atom stereocenters. The monoisotopic (exact) mass is 534 g/mol. The Hall–Kier alpha value is -3.19. The van der Waals surface area contributed by atoms with Crippen molar-refractivity contribution in [3.63, 3.8) is 0 Å². The van der Waals surface area contributed by atoms with Gasteiger partial charge in [-0.15, -0.1) is 0 Å². The number of halogens is 1. The summed E-state index contributed by atoms with van der Waals surface area (Å²) in [5.41, 5.74) is 1.31. The molecule has 0 fully saturated rings. The van der Waals surface area contributed by atoms with E-state index in [0.29, 0.717) is 47.8 Å². The first kappa shape index (κ1) is 28.8. The Bertz CT molecular complexity index is 1220. The predicted molar refractivity (Wildman–Crippen MR) is 151 cm³/mol. The first-order valence-electron chi connectivity index (χ1n) is 13.7. The number of ether oxygens (including phenoxy) is 4. The Morgan fingerprint density at radius 2 is 1.82 bits per heavy atom. The van der Waals surface area contributed by atoms with Gasteiger partial charge in [0.25, 0.3) is 0 Å². The smallest absolute Gasteiger partial charge is 0.159 e. The molecule has 0 saturated heterocycles. The maximum Gasteiger partial charge on any atom is 0.159 e. The number of fused-ring (bicyclic) bond motifs is 1. The van der Waals surface area contributed by atoms with Crippen LogP contribution in [-0.4, -0.2) is 32.2 Å². The minimum Gasteiger partial charge on any atom is -0.493 e. The SMILES string of the molecule is CCCC(CC/C=C/c1ccc(C2(O)CCOc3cc(OCc4ccccc4)ccc32)cc1F)C(OC)OC. The van der Waals surface area contributed by atoms with Crippen molar-refractivity contribution in [2.45, 2.75) is 57.5 Å². The fourth-order valence-electron chi connectivity index (χ4n) is 5.25. The highest BCUT2D eigenvalue weighted by Crippen LogP contribution is 2.43. The summed E-state index contributed by atoms with van der Waals surface area (Å²) in [7, 11) is 3.32. The number of rotatable bonds is 13. The summed E-state index contributed by atoms with van der Waals surface area (Å²) in [4.78, 5) is 0. The van der Waals surface area contributed by atoms with E-state index in [0.717, 1.165) is 31.2 Å². The fraction of sp³-hybridized carbons (Fsp3) is 0.394. The second kappa shape index (κ2) is 13.7. The highest BCUT2D eigenvalue weighted by Gasteiger charge is 2.38. The number of methoxy groups -OCH3 is 2. The van der Waals surface area contributed by atoms with Crippen LogP contribution in [0.4, 0.5) is 4.39 Å². The molecule has 208 valence electrons. The largest absolute Gasteiger partial charge is 0.493 e. The molecule has 0 bridgehead atoms. The van der Waals surface area contributed by atoms with Crippen molar-refractivity contribution in [1.82, 2.24) is 0 Å². The van der Waals surface area contributed by atoms with E-state index in [-0.39, 0.29) is 18.0 Å². The van der Waals surface area contributed by atoms with E-state index in [1.807, 2.05) is 42.5 Å². The van der Waals surface area contributed by atoms with Gasteiger partial charge in [0.05, 0.1) is 6.61 Å². The fourth-order valence-corrected chi connectivity index (χ4v) is 5.25. The van der Waals surface area contributed by atoms with Crippen LogP contribution in [0.2, 0.25) is 0 Å². The third-order valence-corrected chi connectivity index (χ3v) is 7.36. The van der Waals surface area contributed by atoms with Crippen LogP contribution < -0.4 is 9.47 Å². The minimum atomic E-state index is -1.35. The van der Waals surface area contributed by atoms with Crippen LogP contribution in [-0.2, 0) is 21.7 Å². The molecule has 0 radical (unpaired) electrons. The molecule has 0 spiro atoms. The lowest BCUT2D eigenvalue weighted by atomic mass is 9.81. The second-order valence-electron chi connectivity index (χ2n) is 10.00. The van der Waals surface area contributed by atoms with Gasteiger partial charge in [0.1, 0.15) is 29.5 Å². The van der Waals surface area contributed by atoms with Crippen LogP contribution in [0, 0.1) is 11.7 Å². The van der Waals surface area contributed by atoms with Crippen molar-refractivity contribution in [2.24, 2.45) is 5.92 Å². The van der Waals surface area contributed by atoms with Crippen molar-refractivity contribution in [2.75, 3.05) is 20.8 Å². The topological polar surface area (TPSA) is 57.2 Å². The van der Waals surface area contributed by atoms with Crippen LogP contribution in [0.1, 0.15) is 61.3 Å². The maximum atomic E-state index is 15.2. The summed E-state index contributed by atoms with van der Waals surface area (Å²) < 4.78 is 37.8. The van der Waals surface area contributed by atoms with Gasteiger partial charge in [-0.2, -0.15) is 0 Å². The lowest BCUT2D eigenvalue weighted by molar-refractivity contribution is -0.140. The second-order valence-corrected chi connectivity index (χ2v) is 10.00. The van der Waals surface area contributed by atoms with Crippen LogP contribution in [0.5, 0.6) is 11.5 Å². The summed E-state index contributed by atoms with van der Waals surface area (Å²) in [5.74, 6) is 1.11. The zero-order valence-electron chi connectivity index (χ0n) is 23.1. The number of hydrogen-bond acceptors (Lipinski definition) is 5. The van der Waals surface area contributed by atoms with Crippen LogP contribution in [0.3, 0.4) is 0 Å². The van der Waals surface area contributed by atoms with Gasteiger partial charge in [0, 0.05) is 43.8 Å². The normalized spacial score (nSPS) is 17.7. The highest BCUT2D eigenvalue weighted by atomic mass is 19.1. The molecular weight excluding hydrogens is 495 g/mol. The quantitative estimate of drug-likeness (QED) is 0.234. The number of aliphatic hydroxyl groups is 1. The summed E-state index contributed by atoms with van der Waals surface area (Å²) in [6.07, 6.45) is 7.62. The molecule has 0 saturated carbocycles. The van der Waals surface area contributed by atoms with Gasteiger partial charge in [-0.3, -0.25) is 0 Å². The summed E-state index contributed by atoms with van der Waals surface area (Å²) in [6, 6.07) is 20.3. The van der Waals surface area contributed by atoms with Crippen LogP contribution >= 0.6 is 0 Å². The lowest BCUT2D eigenvalue weighted by Crippen LogP contribution is -2.34. The van der Waals surface area contributed by atoms with Gasteiger partial charge >= 0.3 is 0 Å². The third kappa shape index (κ3) is 7.07. The van der Waals surface area contributed by atoms with Gasteiger partial charge in [0.15, 0.2) is 6.29 Å². The molecule has 3 aromatic carbocycles. The third-order valence-electron chi connectivity index (χ3n) is 7.36. The summed E-state index contributed by atoms with van der Waals surface area (Å²) in [6.45, 7) is 2.89. The van der Waals surface area contributed by atoms with E-state index in [9.17, 15) is 5.11 Å². The molecule has 2 unspecified atom stereocenters. The molecule has 1 heterocycles. The standard InChI is InChI=1S/C33H39FO5/c1-4-10-26(32(36-2)37-3)14-9-8-13-25-15-16-27(21-30(25)34)33(35)19-20-38-31-22-28(17-18-29(31)33)39-23-24-11-6-5-7-12-24/h5-8,11-13,15-18,21-22,26,32,35H,4,9-10,14,19-20,23H2,1-3H3/b13-8+. The Balaban J connectivity index is 1.44. The molecular formula is C33H39FO5. The van der Waals surface area contributed by atoms with Gasteiger partial charge < -0.3 is 24.1 Å². The first-order valence-corrected chi connectivity index (χ1v) is 13.7. The van der Waals surface area contributed by atoms with E-state index in [4.69, 9.17) is 18.9 Å². The Kier molecular flexibility index (Phi) is 10.2. The van der Waals surface area contributed by atoms with E-state index < -0.39 is 5.60 Å². The minimum absolute atomic E-state index is 0.232. The van der Waals surface area contributed by atoms with E-state index in [1.54, 1.807) is 44.6 Å². The van der Waals surface area contributed by atoms with Crippen molar-refractivity contribution in [1.29, 1.82) is 0 Å². The van der Waals surface area contributed by atoms with E-state index in [2.05, 4.69) is 6.92 Å². The molecule has 1 N–H and O–H groups in total. The van der Waals surface area contributed by atoms with Gasteiger partial charge in [-0.05, 0) is 48.6 Å². The molecule has 5 nitrogen and oxygen atoms in total. The van der Waals surface area contributed by atoms with E-state index in [1.165, 1.54) is 6.07 Å². The van der Waals surface area contributed by atoms with Crippen LogP contribution in [0.25, 0.3) is 6.08 Å². The molecule has 0 aromatic heterocycles. The zero-order chi connectivity index (χ0) is 27.7. The van der Waals surface area contributed by atoms with E-state index >= 15 is 4.39 Å². The van der Waals surface area contributed by atoms with Crippen molar-refractivity contribution in [3.8, 4) is 11.5 Å². The van der Waals surface area contributed by atoms with Gasteiger partial charge in [0.2, 0.25) is 0 Å². The first-order chi connectivity index (χ1) is 19.0. The number of hydrogen-bond donors (Lipinski definition) is 1. The molecule has 4 rings (SSSR count).